The summed E-state index contributed by atoms with van der Waals surface area (Å²) >= 11 is 0. The molecule has 0 aromatic carbocycles. The van der Waals surface area contributed by atoms with Gasteiger partial charge < -0.3 is 10.4 Å². The molecule has 0 aromatic rings. The zero-order chi connectivity index (χ0) is 12.2. The monoisotopic (exact) mass is 215 g/mol. The lowest BCUT2D eigenvalue weighted by molar-refractivity contribution is -0.153. The van der Waals surface area contributed by atoms with E-state index in [9.17, 15) is 9.59 Å². The maximum absolute atomic E-state index is 11.7. The highest BCUT2D eigenvalue weighted by molar-refractivity contribution is 6.01. The average Bonchev–Trinajstić information content (AvgIpc) is 2.12. The number of carbonyl (C=O) groups excluding carboxylic acids is 1. The SMILES string of the molecule is CCC(NC(=O)C(C)(C)C(=O)O)C(C)C. The minimum absolute atomic E-state index is 0.0381. The highest BCUT2D eigenvalue weighted by Crippen LogP contribution is 2.17. The molecule has 88 valence electrons. The Kier molecular flexibility index (Phi) is 4.78. The van der Waals surface area contributed by atoms with E-state index in [1.165, 1.54) is 13.8 Å². The predicted octanol–water partition coefficient (Wildman–Crippen LogP) is 1.65. The Labute approximate surface area is 91.1 Å². The van der Waals surface area contributed by atoms with Crippen molar-refractivity contribution in [1.82, 2.24) is 5.32 Å². The van der Waals surface area contributed by atoms with Crippen molar-refractivity contribution in [2.75, 3.05) is 0 Å². The van der Waals surface area contributed by atoms with E-state index < -0.39 is 17.3 Å². The third-order valence-corrected chi connectivity index (χ3v) is 2.66. The molecule has 0 rings (SSSR count). The molecular weight excluding hydrogens is 194 g/mol. The fraction of sp³-hybridized carbons (Fsp3) is 0.818. The van der Waals surface area contributed by atoms with Crippen molar-refractivity contribution < 1.29 is 14.7 Å². The van der Waals surface area contributed by atoms with Gasteiger partial charge in [0.1, 0.15) is 5.41 Å². The number of amides is 1. The molecule has 0 saturated carbocycles. The molecule has 0 heterocycles. The van der Waals surface area contributed by atoms with Crippen LogP contribution in [0.3, 0.4) is 0 Å². The third-order valence-electron chi connectivity index (χ3n) is 2.66. The van der Waals surface area contributed by atoms with Crippen LogP contribution >= 0.6 is 0 Å². The maximum atomic E-state index is 11.7. The second kappa shape index (κ2) is 5.14. The van der Waals surface area contributed by atoms with Crippen LogP contribution in [0, 0.1) is 11.3 Å². The summed E-state index contributed by atoms with van der Waals surface area (Å²) in [6, 6.07) is 0.0381. The highest BCUT2D eigenvalue weighted by Gasteiger charge is 2.36. The zero-order valence-electron chi connectivity index (χ0n) is 10.1. The summed E-state index contributed by atoms with van der Waals surface area (Å²) in [5, 5.41) is 11.6. The van der Waals surface area contributed by atoms with Crippen molar-refractivity contribution >= 4 is 11.9 Å². The van der Waals surface area contributed by atoms with Crippen LogP contribution in [0.2, 0.25) is 0 Å². The second-order valence-electron chi connectivity index (χ2n) is 4.66. The van der Waals surface area contributed by atoms with Crippen LogP contribution in [0.4, 0.5) is 0 Å². The molecule has 1 amide bonds. The van der Waals surface area contributed by atoms with Crippen LogP contribution in [0.25, 0.3) is 0 Å². The predicted molar refractivity (Wildman–Crippen MR) is 58.5 cm³/mol. The summed E-state index contributed by atoms with van der Waals surface area (Å²) in [7, 11) is 0. The van der Waals surface area contributed by atoms with E-state index in [1.807, 2.05) is 20.8 Å². The molecule has 4 nitrogen and oxygen atoms in total. The normalized spacial score (nSPS) is 13.7. The van der Waals surface area contributed by atoms with Crippen molar-refractivity contribution in [2.24, 2.45) is 11.3 Å². The molecule has 0 radical (unpaired) electrons. The van der Waals surface area contributed by atoms with E-state index in [4.69, 9.17) is 5.11 Å². The minimum Gasteiger partial charge on any atom is -0.480 e. The number of hydrogen-bond acceptors (Lipinski definition) is 2. The van der Waals surface area contributed by atoms with Gasteiger partial charge in [-0.05, 0) is 26.2 Å². The standard InChI is InChI=1S/C11H21NO3/c1-6-8(7(2)3)12-9(13)11(4,5)10(14)15/h7-8H,6H2,1-5H3,(H,12,13)(H,14,15). The van der Waals surface area contributed by atoms with Gasteiger partial charge in [0.2, 0.25) is 5.91 Å². The Morgan fingerprint density at radius 1 is 1.33 bits per heavy atom. The van der Waals surface area contributed by atoms with Gasteiger partial charge in [0.05, 0.1) is 0 Å². The molecule has 1 atom stereocenters. The van der Waals surface area contributed by atoms with Gasteiger partial charge in [-0.1, -0.05) is 20.8 Å². The average molecular weight is 215 g/mol. The summed E-state index contributed by atoms with van der Waals surface area (Å²) in [6.45, 7) is 8.80. The Morgan fingerprint density at radius 3 is 2.07 bits per heavy atom. The highest BCUT2D eigenvalue weighted by atomic mass is 16.4. The van der Waals surface area contributed by atoms with E-state index >= 15 is 0 Å². The number of carboxylic acids is 1. The molecule has 0 aliphatic carbocycles. The molecule has 0 spiro atoms. The first kappa shape index (κ1) is 13.9. The summed E-state index contributed by atoms with van der Waals surface area (Å²) in [4.78, 5) is 22.5. The number of aliphatic carboxylic acids is 1. The van der Waals surface area contributed by atoms with E-state index in [-0.39, 0.29) is 6.04 Å². The van der Waals surface area contributed by atoms with E-state index in [1.54, 1.807) is 0 Å². The van der Waals surface area contributed by atoms with Crippen molar-refractivity contribution in [3.05, 3.63) is 0 Å². The van der Waals surface area contributed by atoms with E-state index in [0.717, 1.165) is 6.42 Å². The van der Waals surface area contributed by atoms with E-state index in [2.05, 4.69) is 5.32 Å². The van der Waals surface area contributed by atoms with Crippen LogP contribution in [-0.2, 0) is 9.59 Å². The molecule has 0 saturated heterocycles. The largest absolute Gasteiger partial charge is 0.480 e. The Balaban J connectivity index is 4.54. The van der Waals surface area contributed by atoms with Crippen LogP contribution in [0.5, 0.6) is 0 Å². The Hall–Kier alpha value is -1.06. The number of hydrogen-bond donors (Lipinski definition) is 2. The number of carbonyl (C=O) groups is 2. The Morgan fingerprint density at radius 2 is 1.80 bits per heavy atom. The summed E-state index contributed by atoms with van der Waals surface area (Å²) in [5.74, 6) is -1.21. The third kappa shape index (κ3) is 3.53. The molecule has 0 fully saturated rings. The first-order valence-corrected chi connectivity index (χ1v) is 5.27. The fourth-order valence-electron chi connectivity index (χ4n) is 1.19. The van der Waals surface area contributed by atoms with Crippen LogP contribution in [-0.4, -0.2) is 23.0 Å². The van der Waals surface area contributed by atoms with Crippen LogP contribution < -0.4 is 5.32 Å². The van der Waals surface area contributed by atoms with Crippen LogP contribution in [0.1, 0.15) is 41.0 Å². The smallest absolute Gasteiger partial charge is 0.318 e. The number of carboxylic acid groups (broad SMARTS) is 1. The van der Waals surface area contributed by atoms with Crippen molar-refractivity contribution in [1.29, 1.82) is 0 Å². The number of rotatable bonds is 5. The lowest BCUT2D eigenvalue weighted by Crippen LogP contribution is -2.48. The maximum Gasteiger partial charge on any atom is 0.318 e. The molecule has 15 heavy (non-hydrogen) atoms. The molecule has 4 heteroatoms. The van der Waals surface area contributed by atoms with Gasteiger partial charge in [-0.25, -0.2) is 0 Å². The molecule has 0 aromatic heterocycles. The molecular formula is C11H21NO3. The first-order valence-electron chi connectivity index (χ1n) is 5.27. The van der Waals surface area contributed by atoms with Crippen molar-refractivity contribution in [2.45, 2.75) is 47.1 Å². The second-order valence-corrected chi connectivity index (χ2v) is 4.66. The quantitative estimate of drug-likeness (QED) is 0.685. The Bertz CT molecular complexity index is 246. The minimum atomic E-state index is -1.36. The lowest BCUT2D eigenvalue weighted by Gasteiger charge is -2.25. The van der Waals surface area contributed by atoms with Gasteiger partial charge in [-0.2, -0.15) is 0 Å². The topological polar surface area (TPSA) is 66.4 Å². The van der Waals surface area contributed by atoms with Gasteiger partial charge in [-0.15, -0.1) is 0 Å². The first-order chi connectivity index (χ1) is 6.73. The summed E-state index contributed by atoms with van der Waals surface area (Å²) in [5.41, 5.74) is -1.36. The number of nitrogens with one attached hydrogen (secondary N) is 1. The molecule has 0 aliphatic rings. The van der Waals surface area contributed by atoms with Crippen molar-refractivity contribution in [3.63, 3.8) is 0 Å². The summed E-state index contributed by atoms with van der Waals surface area (Å²) < 4.78 is 0. The lowest BCUT2D eigenvalue weighted by atomic mass is 9.91. The fourth-order valence-corrected chi connectivity index (χ4v) is 1.19. The zero-order valence-corrected chi connectivity index (χ0v) is 10.1. The van der Waals surface area contributed by atoms with Gasteiger partial charge in [0.15, 0.2) is 0 Å². The van der Waals surface area contributed by atoms with E-state index in [0.29, 0.717) is 5.92 Å². The van der Waals surface area contributed by atoms with Gasteiger partial charge in [0.25, 0.3) is 0 Å². The molecule has 2 N–H and O–H groups in total. The van der Waals surface area contributed by atoms with Gasteiger partial charge in [-0.3, -0.25) is 9.59 Å². The van der Waals surface area contributed by atoms with Gasteiger partial charge in [0, 0.05) is 6.04 Å². The van der Waals surface area contributed by atoms with Crippen LogP contribution in [0.15, 0.2) is 0 Å². The molecule has 0 aliphatic heterocycles. The van der Waals surface area contributed by atoms with Crippen molar-refractivity contribution in [3.8, 4) is 0 Å². The summed E-state index contributed by atoms with van der Waals surface area (Å²) in [6.07, 6.45) is 0.805. The molecule has 1 unspecified atom stereocenters. The molecule has 0 bridgehead atoms. The van der Waals surface area contributed by atoms with Gasteiger partial charge >= 0.3 is 5.97 Å².